The van der Waals surface area contributed by atoms with Crippen LogP contribution in [0.5, 0.6) is 0 Å². The molecule has 0 radical (unpaired) electrons. The number of hydrogen-bond acceptors (Lipinski definition) is 2. The minimum absolute atomic E-state index is 0. The Kier molecular flexibility index (Phi) is 4.75. The van der Waals surface area contributed by atoms with Crippen molar-refractivity contribution in [2.45, 2.75) is 24.4 Å². The Labute approximate surface area is 138 Å². The van der Waals surface area contributed by atoms with Crippen LogP contribution in [0.25, 0.3) is 0 Å². The highest BCUT2D eigenvalue weighted by molar-refractivity contribution is 6.31. The highest BCUT2D eigenvalue weighted by Gasteiger charge is 2.68. The summed E-state index contributed by atoms with van der Waals surface area (Å²) in [5.41, 5.74) is 0.0285. The summed E-state index contributed by atoms with van der Waals surface area (Å²) in [5.74, 6) is 0. The van der Waals surface area contributed by atoms with Crippen LogP contribution in [0, 0.1) is 5.41 Å². The molecule has 7 heteroatoms. The van der Waals surface area contributed by atoms with E-state index in [1.165, 1.54) is 6.07 Å². The van der Waals surface area contributed by atoms with Crippen molar-refractivity contribution in [2.75, 3.05) is 26.8 Å². The number of rotatable bonds is 3. The second-order valence-electron chi connectivity index (χ2n) is 6.09. The van der Waals surface area contributed by atoms with Crippen molar-refractivity contribution in [1.82, 2.24) is 5.32 Å². The van der Waals surface area contributed by atoms with Crippen LogP contribution in [-0.2, 0) is 16.3 Å². The SMILES string of the molecule is COC[C@@]12CNCCC1(c1ccc(C(F)(F)F)c(Cl)c1)C2.Cl. The van der Waals surface area contributed by atoms with Crippen molar-refractivity contribution in [3.63, 3.8) is 0 Å². The van der Waals surface area contributed by atoms with Gasteiger partial charge in [0, 0.05) is 24.5 Å². The second-order valence-corrected chi connectivity index (χ2v) is 6.50. The fourth-order valence-electron chi connectivity index (χ4n) is 3.86. The molecule has 2 nitrogen and oxygen atoms in total. The molecule has 1 aromatic carbocycles. The van der Waals surface area contributed by atoms with Crippen molar-refractivity contribution in [3.05, 3.63) is 34.3 Å². The summed E-state index contributed by atoms with van der Waals surface area (Å²) >= 11 is 5.87. The molecule has 1 saturated heterocycles. The molecule has 22 heavy (non-hydrogen) atoms. The van der Waals surface area contributed by atoms with Gasteiger partial charge >= 0.3 is 6.18 Å². The van der Waals surface area contributed by atoms with E-state index in [0.717, 1.165) is 37.6 Å². The zero-order chi connectivity index (χ0) is 15.3. The number of halogens is 5. The van der Waals surface area contributed by atoms with E-state index in [1.807, 2.05) is 0 Å². The van der Waals surface area contributed by atoms with Crippen LogP contribution >= 0.6 is 24.0 Å². The average Bonchev–Trinajstić information content (AvgIpc) is 3.07. The molecule has 124 valence electrons. The third kappa shape index (κ3) is 2.62. The number of hydrogen-bond donors (Lipinski definition) is 1. The van der Waals surface area contributed by atoms with Crippen LogP contribution in [0.1, 0.15) is 24.0 Å². The van der Waals surface area contributed by atoms with E-state index >= 15 is 0 Å². The highest BCUT2D eigenvalue weighted by atomic mass is 35.5. The van der Waals surface area contributed by atoms with Gasteiger partial charge in [-0.25, -0.2) is 0 Å². The van der Waals surface area contributed by atoms with Gasteiger partial charge in [-0.1, -0.05) is 17.7 Å². The molecular weight excluding hydrogens is 338 g/mol. The van der Waals surface area contributed by atoms with E-state index in [0.29, 0.717) is 6.61 Å². The van der Waals surface area contributed by atoms with E-state index in [2.05, 4.69) is 5.32 Å². The van der Waals surface area contributed by atoms with E-state index in [-0.39, 0.29) is 28.3 Å². The monoisotopic (exact) mass is 355 g/mol. The molecule has 2 atom stereocenters. The average molecular weight is 356 g/mol. The lowest BCUT2D eigenvalue weighted by Crippen LogP contribution is -2.40. The number of piperidine rings is 1. The molecule has 1 aliphatic heterocycles. The zero-order valence-corrected chi connectivity index (χ0v) is 13.7. The van der Waals surface area contributed by atoms with Gasteiger partial charge in [-0.3, -0.25) is 0 Å². The number of ether oxygens (including phenoxy) is 1. The lowest BCUT2D eigenvalue weighted by atomic mass is 9.81. The maximum atomic E-state index is 12.8. The minimum atomic E-state index is -4.41. The summed E-state index contributed by atoms with van der Waals surface area (Å²) in [7, 11) is 1.66. The predicted octanol–water partition coefficient (Wildman–Crippen LogP) is 4.05. The van der Waals surface area contributed by atoms with Crippen molar-refractivity contribution in [1.29, 1.82) is 0 Å². The van der Waals surface area contributed by atoms with Gasteiger partial charge in [-0.2, -0.15) is 13.2 Å². The van der Waals surface area contributed by atoms with Crippen molar-refractivity contribution < 1.29 is 17.9 Å². The van der Waals surface area contributed by atoms with Gasteiger partial charge in [0.2, 0.25) is 0 Å². The first-order chi connectivity index (χ1) is 9.85. The predicted molar refractivity (Wildman–Crippen MR) is 81.8 cm³/mol. The molecule has 3 rings (SSSR count). The smallest absolute Gasteiger partial charge is 0.384 e. The van der Waals surface area contributed by atoms with Gasteiger partial charge < -0.3 is 10.1 Å². The molecule has 0 aromatic heterocycles. The van der Waals surface area contributed by atoms with Crippen LogP contribution < -0.4 is 5.32 Å². The van der Waals surface area contributed by atoms with Gasteiger partial charge in [0.25, 0.3) is 0 Å². The van der Waals surface area contributed by atoms with E-state index in [9.17, 15) is 13.2 Å². The molecule has 0 amide bonds. The molecule has 0 spiro atoms. The summed E-state index contributed by atoms with van der Waals surface area (Å²) in [4.78, 5) is 0. The van der Waals surface area contributed by atoms with Gasteiger partial charge in [0.05, 0.1) is 17.2 Å². The molecular formula is C15H18Cl2F3NO. The Bertz CT molecular complexity index is 562. The fraction of sp³-hybridized carbons (Fsp3) is 0.600. The van der Waals surface area contributed by atoms with Crippen molar-refractivity contribution in [2.24, 2.45) is 5.41 Å². The molecule has 0 bridgehead atoms. The van der Waals surface area contributed by atoms with Crippen LogP contribution in [0.3, 0.4) is 0 Å². The summed E-state index contributed by atoms with van der Waals surface area (Å²) < 4.78 is 43.8. The standard InChI is InChI=1S/C15H17ClF3NO.ClH/c1-21-9-13-7-14(13,4-5-20-8-13)10-2-3-11(12(16)6-10)15(17,18)19;/h2-3,6,20H,4-5,7-9H2,1H3;1H/t13-,14?;/m1./s1. The molecule has 1 saturated carbocycles. The molecule has 1 aliphatic carbocycles. The Morgan fingerprint density at radius 3 is 2.68 bits per heavy atom. The number of nitrogens with one attached hydrogen (secondary N) is 1. The summed E-state index contributed by atoms with van der Waals surface area (Å²) in [6.07, 6.45) is -2.57. The molecule has 2 fully saturated rings. The lowest BCUT2D eigenvalue weighted by molar-refractivity contribution is -0.137. The zero-order valence-electron chi connectivity index (χ0n) is 12.1. The van der Waals surface area contributed by atoms with Crippen molar-refractivity contribution in [3.8, 4) is 0 Å². The normalized spacial score (nSPS) is 30.4. The minimum Gasteiger partial charge on any atom is -0.384 e. The van der Waals surface area contributed by atoms with Gasteiger partial charge in [-0.05, 0) is 37.1 Å². The third-order valence-corrected chi connectivity index (χ3v) is 5.28. The van der Waals surface area contributed by atoms with Gasteiger partial charge in [-0.15, -0.1) is 12.4 Å². The van der Waals surface area contributed by atoms with E-state index in [1.54, 1.807) is 13.2 Å². The van der Waals surface area contributed by atoms with Crippen molar-refractivity contribution >= 4 is 24.0 Å². The molecule has 2 aliphatic rings. The summed E-state index contributed by atoms with van der Waals surface area (Å²) in [6, 6.07) is 4.18. The number of benzene rings is 1. The Hall–Kier alpha value is -0.490. The Morgan fingerprint density at radius 1 is 1.36 bits per heavy atom. The first kappa shape index (κ1) is 17.9. The number of alkyl halides is 3. The summed E-state index contributed by atoms with van der Waals surface area (Å²) in [6.45, 7) is 2.31. The van der Waals surface area contributed by atoms with E-state index < -0.39 is 11.7 Å². The number of fused-ring (bicyclic) bond motifs is 1. The topological polar surface area (TPSA) is 21.3 Å². The molecule has 1 aromatic rings. The fourth-order valence-corrected chi connectivity index (χ4v) is 4.15. The molecule has 1 unspecified atom stereocenters. The van der Waals surface area contributed by atoms with E-state index in [4.69, 9.17) is 16.3 Å². The first-order valence-electron chi connectivity index (χ1n) is 6.92. The molecule has 1 heterocycles. The van der Waals surface area contributed by atoms with Gasteiger partial charge in [0.1, 0.15) is 0 Å². The van der Waals surface area contributed by atoms with Gasteiger partial charge in [0.15, 0.2) is 0 Å². The quantitative estimate of drug-likeness (QED) is 0.882. The first-order valence-corrected chi connectivity index (χ1v) is 7.29. The van der Waals surface area contributed by atoms with Crippen LogP contribution in [-0.4, -0.2) is 26.8 Å². The molecule has 1 N–H and O–H groups in total. The Morgan fingerprint density at radius 2 is 2.09 bits per heavy atom. The van der Waals surface area contributed by atoms with Crippen LogP contribution in [0.15, 0.2) is 18.2 Å². The summed E-state index contributed by atoms with van der Waals surface area (Å²) in [5, 5.41) is 3.14. The largest absolute Gasteiger partial charge is 0.417 e. The third-order valence-electron chi connectivity index (χ3n) is 4.97. The highest BCUT2D eigenvalue weighted by Crippen LogP contribution is 2.68. The number of methoxy groups -OCH3 is 1. The second kappa shape index (κ2) is 5.86. The van der Waals surface area contributed by atoms with Crippen LogP contribution in [0.4, 0.5) is 13.2 Å². The maximum Gasteiger partial charge on any atom is 0.417 e. The van der Waals surface area contributed by atoms with Crippen LogP contribution in [0.2, 0.25) is 5.02 Å². The maximum absolute atomic E-state index is 12.8. The Balaban J connectivity index is 0.00000176. The lowest BCUT2D eigenvalue weighted by Gasteiger charge is -2.31.